The summed E-state index contributed by atoms with van der Waals surface area (Å²) in [7, 11) is 3.02. The molecule has 0 bridgehead atoms. The maximum atomic E-state index is 12.7. The summed E-state index contributed by atoms with van der Waals surface area (Å²) in [6.07, 6.45) is 0.406. The molecular weight excluding hydrogens is 364 g/mol. The summed E-state index contributed by atoms with van der Waals surface area (Å²) in [6.45, 7) is 1.65. The minimum Gasteiger partial charge on any atom is -0.497 e. The van der Waals surface area contributed by atoms with Crippen molar-refractivity contribution in [1.29, 1.82) is 0 Å². The van der Waals surface area contributed by atoms with Crippen LogP contribution in [0.4, 0.5) is 0 Å². The molecule has 0 saturated heterocycles. The summed E-state index contributed by atoms with van der Waals surface area (Å²) in [4.78, 5) is 24.7. The van der Waals surface area contributed by atoms with Gasteiger partial charge in [-0.3, -0.25) is 4.79 Å². The van der Waals surface area contributed by atoms with Crippen LogP contribution >= 0.6 is 0 Å². The van der Waals surface area contributed by atoms with Gasteiger partial charge in [-0.2, -0.15) is 0 Å². The number of aldehydes is 1. The van der Waals surface area contributed by atoms with Crippen LogP contribution in [0, 0.1) is 0 Å². The fraction of sp³-hybridized carbons (Fsp3) is 0.238. The Bertz CT molecular complexity index is 930. The maximum Gasteiger partial charge on any atom is 0.348 e. The van der Waals surface area contributed by atoms with Crippen molar-refractivity contribution in [3.63, 3.8) is 0 Å². The normalized spacial score (nSPS) is 18.0. The number of ether oxygens (including phenoxy) is 4. The molecule has 28 heavy (non-hydrogen) atoms. The monoisotopic (exact) mass is 384 g/mol. The minimum absolute atomic E-state index is 0.0392. The lowest BCUT2D eigenvalue weighted by atomic mass is 9.82. The molecule has 7 nitrogen and oxygen atoms in total. The van der Waals surface area contributed by atoms with E-state index in [-0.39, 0.29) is 29.3 Å². The molecule has 146 valence electrons. The largest absolute Gasteiger partial charge is 0.497 e. The van der Waals surface area contributed by atoms with Gasteiger partial charge in [0, 0.05) is 17.2 Å². The molecule has 1 aliphatic rings. The van der Waals surface area contributed by atoms with E-state index in [0.29, 0.717) is 23.3 Å². The summed E-state index contributed by atoms with van der Waals surface area (Å²) >= 11 is 0. The van der Waals surface area contributed by atoms with E-state index in [9.17, 15) is 14.7 Å². The Labute approximate surface area is 162 Å². The van der Waals surface area contributed by atoms with Gasteiger partial charge in [0.25, 0.3) is 0 Å². The molecule has 2 aromatic rings. The molecule has 1 N–H and O–H groups in total. The van der Waals surface area contributed by atoms with Gasteiger partial charge in [-0.15, -0.1) is 0 Å². The van der Waals surface area contributed by atoms with Crippen molar-refractivity contribution in [1.82, 2.24) is 0 Å². The van der Waals surface area contributed by atoms with Crippen LogP contribution in [-0.4, -0.2) is 38.2 Å². The lowest BCUT2D eigenvalue weighted by molar-refractivity contribution is -0.163. The molecule has 0 unspecified atom stereocenters. The Morgan fingerprint density at radius 3 is 2.32 bits per heavy atom. The van der Waals surface area contributed by atoms with E-state index in [1.54, 1.807) is 37.3 Å². The number of carbonyl (C=O) groups is 2. The molecule has 3 rings (SSSR count). The summed E-state index contributed by atoms with van der Waals surface area (Å²) in [6, 6.07) is 11.2. The van der Waals surface area contributed by atoms with Crippen LogP contribution < -0.4 is 14.2 Å². The highest BCUT2D eigenvalue weighted by atomic mass is 16.6. The van der Waals surface area contributed by atoms with Gasteiger partial charge in [-0.1, -0.05) is 0 Å². The van der Waals surface area contributed by atoms with Crippen molar-refractivity contribution < 1.29 is 33.6 Å². The van der Waals surface area contributed by atoms with Crippen molar-refractivity contribution in [2.75, 3.05) is 20.8 Å². The molecule has 7 heteroatoms. The molecule has 1 aliphatic heterocycles. The smallest absolute Gasteiger partial charge is 0.348 e. The van der Waals surface area contributed by atoms with E-state index in [4.69, 9.17) is 18.9 Å². The van der Waals surface area contributed by atoms with Gasteiger partial charge in [0.1, 0.15) is 23.0 Å². The highest BCUT2D eigenvalue weighted by molar-refractivity contribution is 6.02. The van der Waals surface area contributed by atoms with Crippen LogP contribution in [0.15, 0.2) is 48.0 Å². The highest BCUT2D eigenvalue weighted by Gasteiger charge is 2.50. The van der Waals surface area contributed by atoms with E-state index in [0.717, 1.165) is 0 Å². The number of aliphatic hydroxyl groups is 1. The van der Waals surface area contributed by atoms with E-state index in [1.165, 1.54) is 26.4 Å². The van der Waals surface area contributed by atoms with Crippen molar-refractivity contribution >= 4 is 18.0 Å². The Morgan fingerprint density at radius 1 is 1.11 bits per heavy atom. The summed E-state index contributed by atoms with van der Waals surface area (Å²) in [5, 5.41) is 11.4. The number of esters is 1. The molecule has 0 saturated carbocycles. The first-order chi connectivity index (χ1) is 13.5. The summed E-state index contributed by atoms with van der Waals surface area (Å²) in [5.74, 6) is 0.349. The average Bonchev–Trinajstić information content (AvgIpc) is 2.73. The van der Waals surface area contributed by atoms with E-state index in [2.05, 4.69) is 0 Å². The van der Waals surface area contributed by atoms with Gasteiger partial charge >= 0.3 is 5.97 Å². The van der Waals surface area contributed by atoms with E-state index < -0.39 is 11.6 Å². The zero-order valence-corrected chi connectivity index (χ0v) is 15.7. The van der Waals surface area contributed by atoms with Crippen LogP contribution in [0.2, 0.25) is 0 Å². The molecular formula is C21H20O7. The van der Waals surface area contributed by atoms with Crippen LogP contribution in [0.25, 0.3) is 5.76 Å². The number of fused-ring (bicyclic) bond motifs is 1. The first-order valence-electron chi connectivity index (χ1n) is 8.59. The molecule has 0 fully saturated rings. The lowest BCUT2D eigenvalue weighted by Gasteiger charge is -2.34. The Morgan fingerprint density at radius 2 is 1.75 bits per heavy atom. The summed E-state index contributed by atoms with van der Waals surface area (Å²) < 4.78 is 21.3. The second kappa shape index (κ2) is 7.74. The fourth-order valence-electron chi connectivity index (χ4n) is 3.04. The summed E-state index contributed by atoms with van der Waals surface area (Å²) in [5.41, 5.74) is -1.97. The second-order valence-electron chi connectivity index (χ2n) is 5.98. The predicted molar refractivity (Wildman–Crippen MR) is 100 cm³/mol. The number of hydrogen-bond acceptors (Lipinski definition) is 7. The topological polar surface area (TPSA) is 91.3 Å². The molecule has 0 radical (unpaired) electrons. The van der Waals surface area contributed by atoms with Crippen LogP contribution in [0.3, 0.4) is 0 Å². The molecule has 1 heterocycles. The molecule has 1 atom stereocenters. The van der Waals surface area contributed by atoms with Gasteiger partial charge in [0.2, 0.25) is 5.60 Å². The minimum atomic E-state index is -2.31. The predicted octanol–water partition coefficient (Wildman–Crippen LogP) is 2.46. The third kappa shape index (κ3) is 3.10. The van der Waals surface area contributed by atoms with Gasteiger partial charge in [-0.25, -0.2) is 4.79 Å². The maximum absolute atomic E-state index is 12.7. The first kappa shape index (κ1) is 19.4. The number of hydrogen-bond donors (Lipinski definition) is 1. The number of benzene rings is 2. The highest BCUT2D eigenvalue weighted by Crippen LogP contribution is 2.46. The Kier molecular flexibility index (Phi) is 5.37. The van der Waals surface area contributed by atoms with Gasteiger partial charge in [-0.05, 0) is 43.3 Å². The van der Waals surface area contributed by atoms with Crippen molar-refractivity contribution in [2.24, 2.45) is 0 Å². The number of carbonyl (C=O) groups excluding carboxylic acids is 2. The SMILES string of the molecule is CCOC(=O)[C@]1(O)C(C=O)=C(c2ccc(OC)cc2)Oc2cc(OC)ccc21. The zero-order chi connectivity index (χ0) is 20.3. The molecule has 0 spiro atoms. The third-order valence-electron chi connectivity index (χ3n) is 4.47. The number of methoxy groups -OCH3 is 2. The zero-order valence-electron chi connectivity index (χ0n) is 15.7. The molecule has 0 aliphatic carbocycles. The van der Waals surface area contributed by atoms with E-state index >= 15 is 0 Å². The van der Waals surface area contributed by atoms with Crippen LogP contribution in [-0.2, 0) is 19.9 Å². The molecule has 2 aromatic carbocycles. The Balaban J connectivity index is 2.25. The fourth-order valence-corrected chi connectivity index (χ4v) is 3.04. The van der Waals surface area contributed by atoms with Gasteiger partial charge in [0.05, 0.1) is 26.4 Å². The lowest BCUT2D eigenvalue weighted by Crippen LogP contribution is -2.43. The van der Waals surface area contributed by atoms with Gasteiger partial charge < -0.3 is 24.1 Å². The average molecular weight is 384 g/mol. The first-order valence-corrected chi connectivity index (χ1v) is 8.59. The standard InChI is InChI=1S/C21H20O7/c1-4-27-20(23)21(24)16-10-9-15(26-3)11-18(16)28-19(17(21)12-22)13-5-7-14(25-2)8-6-13/h5-12,24H,4H2,1-3H3/t21-/m1/s1. The Hall–Kier alpha value is -3.32. The van der Waals surface area contributed by atoms with Crippen molar-refractivity contribution in [3.05, 3.63) is 59.2 Å². The van der Waals surface area contributed by atoms with Crippen molar-refractivity contribution in [3.8, 4) is 17.2 Å². The third-order valence-corrected chi connectivity index (χ3v) is 4.47. The van der Waals surface area contributed by atoms with Crippen molar-refractivity contribution in [2.45, 2.75) is 12.5 Å². The quantitative estimate of drug-likeness (QED) is 0.604. The van der Waals surface area contributed by atoms with Crippen LogP contribution in [0.1, 0.15) is 18.1 Å². The molecule has 0 amide bonds. The van der Waals surface area contributed by atoms with Gasteiger partial charge in [0.15, 0.2) is 6.29 Å². The van der Waals surface area contributed by atoms with E-state index in [1.807, 2.05) is 0 Å². The molecule has 0 aromatic heterocycles. The number of rotatable bonds is 6. The second-order valence-corrected chi connectivity index (χ2v) is 5.98. The van der Waals surface area contributed by atoms with Crippen LogP contribution in [0.5, 0.6) is 17.2 Å².